The number of para-hydroxylation sites is 1. The second kappa shape index (κ2) is 11.3. The van der Waals surface area contributed by atoms with Crippen molar-refractivity contribution in [3.8, 4) is 5.75 Å². The first-order chi connectivity index (χ1) is 18.8. The number of thioether (sulfide) groups is 1. The van der Waals surface area contributed by atoms with Gasteiger partial charge in [-0.25, -0.2) is 4.39 Å². The van der Waals surface area contributed by atoms with Gasteiger partial charge in [0.15, 0.2) is 0 Å². The number of anilines is 1. The Kier molecular flexibility index (Phi) is 7.72. The van der Waals surface area contributed by atoms with Crippen LogP contribution >= 0.6 is 23.4 Å². The summed E-state index contributed by atoms with van der Waals surface area (Å²) in [5, 5.41) is 3.37. The van der Waals surface area contributed by atoms with Crippen molar-refractivity contribution in [2.24, 2.45) is 0 Å². The first-order valence-corrected chi connectivity index (χ1v) is 13.3. The molecule has 0 saturated carbocycles. The summed E-state index contributed by atoms with van der Waals surface area (Å²) in [4.78, 5) is 39.5. The SMILES string of the molecule is CCOc1ccc(NC(=O)CN2C(=O)S/C(=C\c3cn(Cc4ccc(F)cc4Cl)c4ccccc34)C2=O)cc1. The summed E-state index contributed by atoms with van der Waals surface area (Å²) < 4.78 is 20.8. The van der Waals surface area contributed by atoms with Crippen LogP contribution in [0.25, 0.3) is 17.0 Å². The van der Waals surface area contributed by atoms with E-state index in [1.165, 1.54) is 12.1 Å². The molecule has 4 aromatic rings. The number of hydrogen-bond donors (Lipinski definition) is 1. The highest BCUT2D eigenvalue weighted by Crippen LogP contribution is 2.34. The van der Waals surface area contributed by atoms with Crippen LogP contribution < -0.4 is 10.1 Å². The van der Waals surface area contributed by atoms with Gasteiger partial charge in [-0.2, -0.15) is 0 Å². The van der Waals surface area contributed by atoms with E-state index >= 15 is 0 Å². The minimum absolute atomic E-state index is 0.219. The number of amides is 3. The van der Waals surface area contributed by atoms with E-state index < -0.39 is 29.4 Å². The second-order valence-electron chi connectivity index (χ2n) is 8.74. The van der Waals surface area contributed by atoms with E-state index in [4.69, 9.17) is 16.3 Å². The molecule has 1 aromatic heterocycles. The largest absolute Gasteiger partial charge is 0.494 e. The minimum Gasteiger partial charge on any atom is -0.494 e. The number of aromatic nitrogens is 1. The fourth-order valence-electron chi connectivity index (χ4n) is 4.28. The number of nitrogens with zero attached hydrogens (tertiary/aromatic N) is 2. The fraction of sp³-hybridized carbons (Fsp3) is 0.138. The van der Waals surface area contributed by atoms with Crippen LogP contribution in [-0.4, -0.2) is 39.7 Å². The Bertz CT molecular complexity index is 1620. The standard InChI is InChI=1S/C29H23ClFN3O4S/c1-2-38-22-11-9-21(10-12-22)32-27(35)17-34-28(36)26(39-29(34)37)13-19-16-33(25-6-4-3-5-23(19)25)15-18-7-8-20(31)14-24(18)30/h3-14,16H,2,15,17H2,1H3,(H,32,35)/b26-13-. The number of carbonyl (C=O) groups is 3. The van der Waals surface area contributed by atoms with Gasteiger partial charge in [-0.05, 0) is 72.8 Å². The van der Waals surface area contributed by atoms with Crippen molar-refractivity contribution in [1.29, 1.82) is 0 Å². The average molecular weight is 564 g/mol. The number of halogens is 2. The Balaban J connectivity index is 1.34. The molecule has 1 fully saturated rings. The maximum Gasteiger partial charge on any atom is 0.294 e. The quantitative estimate of drug-likeness (QED) is 0.246. The van der Waals surface area contributed by atoms with E-state index in [9.17, 15) is 18.8 Å². The molecule has 3 aromatic carbocycles. The predicted molar refractivity (Wildman–Crippen MR) is 151 cm³/mol. The van der Waals surface area contributed by atoms with Crippen molar-refractivity contribution in [3.63, 3.8) is 0 Å². The summed E-state index contributed by atoms with van der Waals surface area (Å²) >= 11 is 7.03. The normalized spacial score (nSPS) is 14.4. The molecule has 5 rings (SSSR count). The van der Waals surface area contributed by atoms with E-state index in [1.807, 2.05) is 42.0 Å². The third kappa shape index (κ3) is 5.84. The lowest BCUT2D eigenvalue weighted by Crippen LogP contribution is -2.36. The first-order valence-electron chi connectivity index (χ1n) is 12.1. The summed E-state index contributed by atoms with van der Waals surface area (Å²) in [5.74, 6) is -0.764. The molecule has 0 atom stereocenters. The van der Waals surface area contributed by atoms with Crippen molar-refractivity contribution in [3.05, 3.63) is 99.8 Å². The van der Waals surface area contributed by atoms with Gasteiger partial charge >= 0.3 is 0 Å². The van der Waals surface area contributed by atoms with Crippen LogP contribution in [0.2, 0.25) is 5.02 Å². The van der Waals surface area contributed by atoms with Crippen LogP contribution in [0.4, 0.5) is 14.9 Å². The van der Waals surface area contributed by atoms with Gasteiger partial charge in [-0.1, -0.05) is 35.9 Å². The van der Waals surface area contributed by atoms with Crippen molar-refractivity contribution in [1.82, 2.24) is 9.47 Å². The molecule has 0 aliphatic carbocycles. The molecule has 1 saturated heterocycles. The number of ether oxygens (including phenoxy) is 1. The molecule has 1 aliphatic rings. The van der Waals surface area contributed by atoms with E-state index in [1.54, 1.807) is 36.4 Å². The van der Waals surface area contributed by atoms with Gasteiger partial charge in [-0.3, -0.25) is 19.3 Å². The molecule has 3 amide bonds. The Morgan fingerprint density at radius 3 is 2.62 bits per heavy atom. The Morgan fingerprint density at radius 2 is 1.87 bits per heavy atom. The highest BCUT2D eigenvalue weighted by atomic mass is 35.5. The predicted octanol–water partition coefficient (Wildman–Crippen LogP) is 6.56. The number of carbonyl (C=O) groups excluding carboxylic acids is 3. The molecule has 39 heavy (non-hydrogen) atoms. The number of imide groups is 1. The lowest BCUT2D eigenvalue weighted by atomic mass is 10.1. The third-order valence-electron chi connectivity index (χ3n) is 6.09. The summed E-state index contributed by atoms with van der Waals surface area (Å²) in [6, 6.07) is 18.7. The molecule has 0 unspecified atom stereocenters. The monoisotopic (exact) mass is 563 g/mol. The van der Waals surface area contributed by atoms with E-state index in [0.29, 0.717) is 29.6 Å². The molecule has 0 radical (unpaired) electrons. The Hall–Kier alpha value is -4.08. The van der Waals surface area contributed by atoms with Crippen LogP contribution in [0.5, 0.6) is 5.75 Å². The maximum atomic E-state index is 13.5. The van der Waals surface area contributed by atoms with Crippen LogP contribution in [0.15, 0.2) is 77.8 Å². The zero-order valence-corrected chi connectivity index (χ0v) is 22.4. The van der Waals surface area contributed by atoms with Crippen molar-refractivity contribution in [2.75, 3.05) is 18.5 Å². The van der Waals surface area contributed by atoms with Crippen molar-refractivity contribution >= 4 is 63.1 Å². The number of benzene rings is 3. The van der Waals surface area contributed by atoms with E-state index in [0.717, 1.165) is 38.7 Å². The van der Waals surface area contributed by atoms with Crippen LogP contribution in [0.3, 0.4) is 0 Å². The second-order valence-corrected chi connectivity index (χ2v) is 10.1. The van der Waals surface area contributed by atoms with E-state index in [2.05, 4.69) is 5.32 Å². The van der Waals surface area contributed by atoms with Gasteiger partial charge < -0.3 is 14.6 Å². The van der Waals surface area contributed by atoms with Crippen molar-refractivity contribution < 1.29 is 23.5 Å². The van der Waals surface area contributed by atoms with Crippen LogP contribution in [0, 0.1) is 5.82 Å². The molecular weight excluding hydrogens is 541 g/mol. The molecule has 1 aliphatic heterocycles. The third-order valence-corrected chi connectivity index (χ3v) is 7.35. The van der Waals surface area contributed by atoms with Gasteiger partial charge in [-0.15, -0.1) is 0 Å². The molecule has 0 spiro atoms. The Labute approximate surface area is 233 Å². The van der Waals surface area contributed by atoms with Gasteiger partial charge in [0, 0.05) is 39.9 Å². The molecule has 0 bridgehead atoms. The number of hydrogen-bond acceptors (Lipinski definition) is 5. The fourth-order valence-corrected chi connectivity index (χ4v) is 5.33. The minimum atomic E-state index is -0.537. The molecule has 1 N–H and O–H groups in total. The highest BCUT2D eigenvalue weighted by molar-refractivity contribution is 8.18. The average Bonchev–Trinajstić information content (AvgIpc) is 3.39. The summed E-state index contributed by atoms with van der Waals surface area (Å²) in [6.07, 6.45) is 3.51. The molecular formula is C29H23ClFN3O4S. The maximum absolute atomic E-state index is 13.5. The number of rotatable bonds is 8. The summed E-state index contributed by atoms with van der Waals surface area (Å²) in [6.45, 7) is 2.39. The number of fused-ring (bicyclic) bond motifs is 1. The lowest BCUT2D eigenvalue weighted by molar-refractivity contribution is -0.127. The van der Waals surface area contributed by atoms with Gasteiger partial charge in [0.25, 0.3) is 11.1 Å². The van der Waals surface area contributed by atoms with Gasteiger partial charge in [0.1, 0.15) is 18.1 Å². The zero-order valence-electron chi connectivity index (χ0n) is 20.8. The Morgan fingerprint density at radius 1 is 1.10 bits per heavy atom. The summed E-state index contributed by atoms with van der Waals surface area (Å²) in [7, 11) is 0. The lowest BCUT2D eigenvalue weighted by Gasteiger charge is -2.12. The van der Waals surface area contributed by atoms with Gasteiger partial charge in [0.05, 0.1) is 11.5 Å². The first kappa shape index (κ1) is 26.5. The smallest absolute Gasteiger partial charge is 0.294 e. The highest BCUT2D eigenvalue weighted by Gasteiger charge is 2.36. The molecule has 198 valence electrons. The topological polar surface area (TPSA) is 80.6 Å². The summed E-state index contributed by atoms with van der Waals surface area (Å²) in [5.41, 5.74) is 2.88. The van der Waals surface area contributed by atoms with Crippen LogP contribution in [-0.2, 0) is 16.1 Å². The zero-order chi connectivity index (χ0) is 27.5. The number of nitrogens with one attached hydrogen (secondary N) is 1. The molecule has 10 heteroatoms. The van der Waals surface area contributed by atoms with Gasteiger partial charge in [0.2, 0.25) is 5.91 Å². The molecule has 2 heterocycles. The van der Waals surface area contributed by atoms with Crippen molar-refractivity contribution in [2.45, 2.75) is 13.5 Å². The van der Waals surface area contributed by atoms with E-state index in [-0.39, 0.29) is 4.91 Å². The molecule has 7 nitrogen and oxygen atoms in total. The van der Waals surface area contributed by atoms with Crippen LogP contribution in [0.1, 0.15) is 18.1 Å².